The Balaban J connectivity index is 2.58. The first-order valence-corrected chi connectivity index (χ1v) is 6.03. The molecule has 0 aliphatic rings. The summed E-state index contributed by atoms with van der Waals surface area (Å²) in [5.41, 5.74) is 0.845. The van der Waals surface area contributed by atoms with Gasteiger partial charge in [0.1, 0.15) is 11.6 Å². The van der Waals surface area contributed by atoms with Gasteiger partial charge in [-0.3, -0.25) is 0 Å². The Kier molecular flexibility index (Phi) is 3.21. The first-order valence-electron chi connectivity index (χ1n) is 5.21. The number of thiophene rings is 1. The van der Waals surface area contributed by atoms with Gasteiger partial charge in [0.15, 0.2) is 0 Å². The topological polar surface area (TPSA) is 12.0 Å². The van der Waals surface area contributed by atoms with Crippen LogP contribution in [0.4, 0.5) is 8.78 Å². The number of hydrogen-bond acceptors (Lipinski definition) is 2. The lowest BCUT2D eigenvalue weighted by atomic mass is 10.1. The Hall–Kier alpha value is -1.00. The van der Waals surface area contributed by atoms with Gasteiger partial charge in [-0.2, -0.15) is 0 Å². The van der Waals surface area contributed by atoms with E-state index in [1.807, 2.05) is 13.8 Å². The Bertz CT molecular complexity index is 519. The van der Waals surface area contributed by atoms with Crippen molar-refractivity contribution in [2.24, 2.45) is 0 Å². The summed E-state index contributed by atoms with van der Waals surface area (Å²) in [6.07, 6.45) is 0. The molecule has 0 fully saturated rings. The molecule has 2 rings (SSSR count). The first kappa shape index (κ1) is 11.5. The zero-order valence-corrected chi connectivity index (χ0v) is 10.0. The van der Waals surface area contributed by atoms with Crippen LogP contribution in [0.2, 0.25) is 0 Å². The maximum Gasteiger partial charge on any atom is 0.141 e. The van der Waals surface area contributed by atoms with Crippen molar-refractivity contribution in [3.63, 3.8) is 0 Å². The number of halogens is 2. The molecule has 2 aromatic rings. The van der Waals surface area contributed by atoms with E-state index in [1.165, 1.54) is 23.5 Å². The highest BCUT2D eigenvalue weighted by Crippen LogP contribution is 2.34. The molecule has 0 amide bonds. The molecule has 16 heavy (non-hydrogen) atoms. The van der Waals surface area contributed by atoms with Crippen molar-refractivity contribution in [1.29, 1.82) is 0 Å². The summed E-state index contributed by atoms with van der Waals surface area (Å²) < 4.78 is 27.5. The van der Waals surface area contributed by atoms with Gasteiger partial charge >= 0.3 is 0 Å². The van der Waals surface area contributed by atoms with E-state index >= 15 is 0 Å². The summed E-state index contributed by atoms with van der Waals surface area (Å²) >= 11 is 1.33. The third kappa shape index (κ3) is 1.83. The van der Waals surface area contributed by atoms with Crippen molar-refractivity contribution < 1.29 is 8.78 Å². The first-order chi connectivity index (χ1) is 7.65. The smallest absolute Gasteiger partial charge is 0.141 e. The van der Waals surface area contributed by atoms with Gasteiger partial charge in [-0.05, 0) is 31.2 Å². The monoisotopic (exact) mass is 241 g/mol. The molecule has 0 atom stereocenters. The van der Waals surface area contributed by atoms with E-state index < -0.39 is 0 Å². The van der Waals surface area contributed by atoms with Gasteiger partial charge < -0.3 is 5.32 Å². The van der Waals surface area contributed by atoms with E-state index in [0.717, 1.165) is 17.0 Å². The van der Waals surface area contributed by atoms with Crippen LogP contribution in [0.5, 0.6) is 0 Å². The molecule has 0 unspecified atom stereocenters. The van der Waals surface area contributed by atoms with Crippen LogP contribution in [0.25, 0.3) is 10.1 Å². The fraction of sp³-hybridized carbons (Fsp3) is 0.333. The molecule has 1 aromatic carbocycles. The predicted octanol–water partition coefficient (Wildman–Crippen LogP) is 3.60. The molecule has 1 heterocycles. The summed E-state index contributed by atoms with van der Waals surface area (Å²) in [6.45, 7) is 5.36. The van der Waals surface area contributed by atoms with Crippen LogP contribution in [0.1, 0.15) is 17.4 Å². The van der Waals surface area contributed by atoms with Crippen molar-refractivity contribution in [2.45, 2.75) is 20.4 Å². The van der Waals surface area contributed by atoms with Crippen LogP contribution in [0.15, 0.2) is 12.1 Å². The summed E-state index contributed by atoms with van der Waals surface area (Å²) in [5, 5.41) is 3.60. The van der Waals surface area contributed by atoms with Crippen molar-refractivity contribution in [1.82, 2.24) is 5.32 Å². The average molecular weight is 241 g/mol. The summed E-state index contributed by atoms with van der Waals surface area (Å²) in [7, 11) is 0. The Morgan fingerprint density at radius 2 is 1.94 bits per heavy atom. The zero-order valence-electron chi connectivity index (χ0n) is 9.23. The van der Waals surface area contributed by atoms with Gasteiger partial charge in [0.2, 0.25) is 0 Å². The fourth-order valence-electron chi connectivity index (χ4n) is 1.73. The zero-order chi connectivity index (χ0) is 11.7. The number of nitrogens with one attached hydrogen (secondary N) is 1. The van der Waals surface area contributed by atoms with E-state index in [1.54, 1.807) is 0 Å². The Labute approximate surface area is 97.1 Å². The third-order valence-electron chi connectivity index (χ3n) is 2.61. The van der Waals surface area contributed by atoms with Gasteiger partial charge in [-0.1, -0.05) is 6.92 Å². The van der Waals surface area contributed by atoms with Gasteiger partial charge in [0.25, 0.3) is 0 Å². The molecule has 4 heteroatoms. The highest BCUT2D eigenvalue weighted by Gasteiger charge is 2.14. The largest absolute Gasteiger partial charge is 0.312 e. The summed E-state index contributed by atoms with van der Waals surface area (Å²) in [4.78, 5) is 1.00. The van der Waals surface area contributed by atoms with E-state index in [9.17, 15) is 8.78 Å². The molecular weight excluding hydrogens is 228 g/mol. The van der Waals surface area contributed by atoms with Crippen LogP contribution >= 0.6 is 11.3 Å². The van der Waals surface area contributed by atoms with Crippen molar-refractivity contribution >= 4 is 21.4 Å². The minimum atomic E-state index is -0.341. The lowest BCUT2D eigenvalue weighted by molar-refractivity contribution is 0.619. The quantitative estimate of drug-likeness (QED) is 0.865. The minimum absolute atomic E-state index is 0.340. The van der Waals surface area contributed by atoms with Crippen LogP contribution in [0.3, 0.4) is 0 Å². The molecule has 0 radical (unpaired) electrons. The second kappa shape index (κ2) is 4.47. The lowest BCUT2D eigenvalue weighted by Gasteiger charge is -1.99. The number of fused-ring (bicyclic) bond motifs is 1. The van der Waals surface area contributed by atoms with Gasteiger partial charge in [-0.25, -0.2) is 8.78 Å². The van der Waals surface area contributed by atoms with Crippen LogP contribution < -0.4 is 5.32 Å². The molecule has 1 nitrogen and oxygen atoms in total. The molecule has 1 N–H and O–H groups in total. The van der Waals surface area contributed by atoms with Crippen molar-refractivity contribution in [2.75, 3.05) is 6.54 Å². The molecule has 0 aliphatic heterocycles. The Morgan fingerprint density at radius 3 is 2.56 bits per heavy atom. The van der Waals surface area contributed by atoms with Gasteiger partial charge in [0.05, 0.1) is 4.70 Å². The highest BCUT2D eigenvalue weighted by molar-refractivity contribution is 7.19. The molecular formula is C12H13F2NS. The summed E-state index contributed by atoms with van der Waals surface area (Å²) in [5.74, 6) is -0.680. The average Bonchev–Trinajstić information content (AvgIpc) is 2.60. The van der Waals surface area contributed by atoms with Crippen LogP contribution in [-0.2, 0) is 6.54 Å². The third-order valence-corrected chi connectivity index (χ3v) is 3.91. The summed E-state index contributed by atoms with van der Waals surface area (Å²) in [6, 6.07) is 2.37. The van der Waals surface area contributed by atoms with Crippen molar-refractivity contribution in [3.05, 3.63) is 34.2 Å². The van der Waals surface area contributed by atoms with E-state index in [4.69, 9.17) is 0 Å². The lowest BCUT2D eigenvalue weighted by Crippen LogP contribution is -2.11. The molecule has 0 saturated heterocycles. The van der Waals surface area contributed by atoms with Gasteiger partial charge in [0, 0.05) is 16.8 Å². The molecule has 0 bridgehead atoms. The number of aryl methyl sites for hydroxylation is 1. The molecule has 0 saturated carbocycles. The Morgan fingerprint density at radius 1 is 1.25 bits per heavy atom. The standard InChI is InChI=1S/C12H13F2NS/c1-3-15-6-10-7(2)11-8(13)4-5-9(14)12(11)16-10/h4-5,15H,3,6H2,1-2H3. The molecule has 1 aromatic heterocycles. The number of hydrogen-bond donors (Lipinski definition) is 1. The van der Waals surface area contributed by atoms with Crippen LogP contribution in [-0.4, -0.2) is 6.54 Å². The molecule has 86 valence electrons. The molecule has 0 spiro atoms. The van der Waals surface area contributed by atoms with E-state index in [-0.39, 0.29) is 11.6 Å². The molecule has 0 aliphatic carbocycles. The van der Waals surface area contributed by atoms with Crippen molar-refractivity contribution in [3.8, 4) is 0 Å². The minimum Gasteiger partial charge on any atom is -0.312 e. The van der Waals surface area contributed by atoms with E-state index in [2.05, 4.69) is 5.32 Å². The van der Waals surface area contributed by atoms with Crippen LogP contribution in [0, 0.1) is 18.6 Å². The second-order valence-corrected chi connectivity index (χ2v) is 4.77. The highest BCUT2D eigenvalue weighted by atomic mass is 32.1. The number of benzene rings is 1. The normalized spacial score (nSPS) is 11.2. The predicted molar refractivity (Wildman–Crippen MR) is 63.9 cm³/mol. The maximum absolute atomic E-state index is 13.6. The second-order valence-electron chi connectivity index (χ2n) is 3.66. The number of rotatable bonds is 3. The van der Waals surface area contributed by atoms with Gasteiger partial charge in [-0.15, -0.1) is 11.3 Å². The van der Waals surface area contributed by atoms with E-state index in [0.29, 0.717) is 16.6 Å². The maximum atomic E-state index is 13.6. The SMILES string of the molecule is CCNCc1sc2c(F)ccc(F)c2c1C. The fourth-order valence-corrected chi connectivity index (χ4v) is 2.92.